The highest BCUT2D eigenvalue weighted by molar-refractivity contribution is 6.02. The third-order valence-electron chi connectivity index (χ3n) is 5.15. The fourth-order valence-corrected chi connectivity index (χ4v) is 3.78. The third kappa shape index (κ3) is 3.83. The molecule has 0 fully saturated rings. The standard InChI is InChI=1S/C27H23NO2/c1-3-22(19-10-6-5-7-11-19)27(21-14-15-24-20(18-21)16-17-28-24)23-12-8-9-13-25(23)30-26(29)4-2/h4-18,28H,2-3H2,1H3/b27-22+. The molecule has 30 heavy (non-hydrogen) atoms. The molecule has 1 heterocycles. The predicted octanol–water partition coefficient (Wildman–Crippen LogP) is 6.63. The second-order valence-corrected chi connectivity index (χ2v) is 6.97. The van der Waals surface area contributed by atoms with Crippen molar-refractivity contribution < 1.29 is 9.53 Å². The molecule has 4 rings (SSSR count). The molecule has 4 aromatic rings. The van der Waals surface area contributed by atoms with Gasteiger partial charge < -0.3 is 9.72 Å². The molecule has 0 atom stereocenters. The maximum absolute atomic E-state index is 12.0. The van der Waals surface area contributed by atoms with Gasteiger partial charge in [0, 0.05) is 23.4 Å². The van der Waals surface area contributed by atoms with Gasteiger partial charge in [-0.3, -0.25) is 0 Å². The molecule has 0 spiro atoms. The van der Waals surface area contributed by atoms with Crippen molar-refractivity contribution in [2.45, 2.75) is 13.3 Å². The summed E-state index contributed by atoms with van der Waals surface area (Å²) in [6.45, 7) is 5.67. The first-order valence-corrected chi connectivity index (χ1v) is 10.0. The number of carbonyl (C=O) groups excluding carboxylic acids is 1. The molecular formula is C27H23NO2. The van der Waals surface area contributed by atoms with Crippen LogP contribution >= 0.6 is 0 Å². The lowest BCUT2D eigenvalue weighted by atomic mass is 9.87. The van der Waals surface area contributed by atoms with Crippen LogP contribution in [0.4, 0.5) is 0 Å². The lowest BCUT2D eigenvalue weighted by Gasteiger charge is -2.19. The minimum absolute atomic E-state index is 0.472. The lowest BCUT2D eigenvalue weighted by molar-refractivity contribution is -0.128. The Hall–Kier alpha value is -3.85. The summed E-state index contributed by atoms with van der Waals surface area (Å²) in [6.07, 6.45) is 3.95. The van der Waals surface area contributed by atoms with E-state index in [-0.39, 0.29) is 0 Å². The molecule has 0 saturated heterocycles. The largest absolute Gasteiger partial charge is 0.423 e. The SMILES string of the molecule is C=CC(=O)Oc1ccccc1/C(=C(\CC)c1ccccc1)c1ccc2[nH]ccc2c1. The molecule has 0 amide bonds. The molecular weight excluding hydrogens is 370 g/mol. The van der Waals surface area contributed by atoms with Gasteiger partial charge in [-0.05, 0) is 58.3 Å². The summed E-state index contributed by atoms with van der Waals surface area (Å²) in [7, 11) is 0. The van der Waals surface area contributed by atoms with Gasteiger partial charge in [-0.15, -0.1) is 0 Å². The number of nitrogens with one attached hydrogen (secondary N) is 1. The molecule has 0 bridgehead atoms. The minimum Gasteiger partial charge on any atom is -0.423 e. The summed E-state index contributed by atoms with van der Waals surface area (Å²) in [4.78, 5) is 15.2. The molecule has 0 aliphatic rings. The van der Waals surface area contributed by atoms with E-state index in [1.54, 1.807) is 0 Å². The Morgan fingerprint density at radius 1 is 0.967 bits per heavy atom. The summed E-state index contributed by atoms with van der Waals surface area (Å²) in [5, 5.41) is 1.13. The third-order valence-corrected chi connectivity index (χ3v) is 5.15. The van der Waals surface area contributed by atoms with E-state index in [2.05, 4.69) is 54.9 Å². The molecule has 0 radical (unpaired) electrons. The first-order valence-electron chi connectivity index (χ1n) is 10.0. The molecule has 0 aliphatic carbocycles. The summed E-state index contributed by atoms with van der Waals surface area (Å²) >= 11 is 0. The van der Waals surface area contributed by atoms with Crippen LogP contribution in [-0.4, -0.2) is 11.0 Å². The van der Waals surface area contributed by atoms with E-state index in [1.807, 2.05) is 48.7 Å². The van der Waals surface area contributed by atoms with Gasteiger partial charge in [0.25, 0.3) is 0 Å². The average Bonchev–Trinajstić information content (AvgIpc) is 3.26. The number of para-hydroxylation sites is 1. The second kappa shape index (κ2) is 8.66. The summed E-state index contributed by atoms with van der Waals surface area (Å²) in [6, 6.07) is 26.4. The zero-order valence-corrected chi connectivity index (χ0v) is 16.9. The summed E-state index contributed by atoms with van der Waals surface area (Å²) in [5.41, 5.74) is 6.43. The highest BCUT2D eigenvalue weighted by Crippen LogP contribution is 2.39. The van der Waals surface area contributed by atoms with Crippen LogP contribution in [-0.2, 0) is 4.79 Å². The maximum Gasteiger partial charge on any atom is 0.335 e. The van der Waals surface area contributed by atoms with Gasteiger partial charge in [-0.25, -0.2) is 4.79 Å². The number of aromatic nitrogens is 1. The Bertz CT molecular complexity index is 1230. The molecule has 3 heteroatoms. The minimum atomic E-state index is -0.472. The van der Waals surface area contributed by atoms with Crippen LogP contribution in [0.1, 0.15) is 30.0 Å². The van der Waals surface area contributed by atoms with Gasteiger partial charge >= 0.3 is 5.97 Å². The topological polar surface area (TPSA) is 42.1 Å². The van der Waals surface area contributed by atoms with Crippen molar-refractivity contribution in [2.75, 3.05) is 0 Å². The Balaban J connectivity index is 2.01. The van der Waals surface area contributed by atoms with E-state index in [0.717, 1.165) is 39.6 Å². The van der Waals surface area contributed by atoms with Crippen molar-refractivity contribution in [2.24, 2.45) is 0 Å². The van der Waals surface area contributed by atoms with E-state index < -0.39 is 5.97 Å². The summed E-state index contributed by atoms with van der Waals surface area (Å²) < 4.78 is 5.60. The van der Waals surface area contributed by atoms with Gasteiger partial charge in [0.2, 0.25) is 0 Å². The smallest absolute Gasteiger partial charge is 0.335 e. The monoisotopic (exact) mass is 393 g/mol. The van der Waals surface area contributed by atoms with E-state index in [4.69, 9.17) is 4.74 Å². The second-order valence-electron chi connectivity index (χ2n) is 6.97. The number of rotatable bonds is 6. The molecule has 0 aliphatic heterocycles. The predicted molar refractivity (Wildman–Crippen MR) is 123 cm³/mol. The average molecular weight is 393 g/mol. The number of hydrogen-bond donors (Lipinski definition) is 1. The highest BCUT2D eigenvalue weighted by atomic mass is 16.5. The zero-order valence-electron chi connectivity index (χ0n) is 16.9. The molecule has 0 unspecified atom stereocenters. The number of fused-ring (bicyclic) bond motifs is 1. The van der Waals surface area contributed by atoms with Gasteiger partial charge in [0.15, 0.2) is 0 Å². The van der Waals surface area contributed by atoms with Crippen molar-refractivity contribution >= 4 is 28.0 Å². The van der Waals surface area contributed by atoms with Crippen molar-refractivity contribution in [3.05, 3.63) is 114 Å². The molecule has 1 N–H and O–H groups in total. The van der Waals surface area contributed by atoms with Crippen molar-refractivity contribution in [3.63, 3.8) is 0 Å². The van der Waals surface area contributed by atoms with Crippen LogP contribution < -0.4 is 4.74 Å². The normalized spacial score (nSPS) is 11.8. The van der Waals surface area contributed by atoms with Crippen LogP contribution in [0.25, 0.3) is 22.0 Å². The molecule has 1 aromatic heterocycles. The molecule has 3 aromatic carbocycles. The van der Waals surface area contributed by atoms with Gasteiger partial charge in [0.1, 0.15) is 5.75 Å². The van der Waals surface area contributed by atoms with E-state index >= 15 is 0 Å². The van der Waals surface area contributed by atoms with E-state index in [9.17, 15) is 4.79 Å². The number of allylic oxidation sites excluding steroid dienone is 1. The number of carbonyl (C=O) groups is 1. The van der Waals surface area contributed by atoms with E-state index in [0.29, 0.717) is 5.75 Å². The Morgan fingerprint density at radius 2 is 1.73 bits per heavy atom. The molecule has 3 nitrogen and oxygen atoms in total. The van der Waals surface area contributed by atoms with Gasteiger partial charge in [-0.2, -0.15) is 0 Å². The Labute approximate surface area is 176 Å². The lowest BCUT2D eigenvalue weighted by Crippen LogP contribution is -2.06. The maximum atomic E-state index is 12.0. The van der Waals surface area contributed by atoms with E-state index in [1.165, 1.54) is 11.6 Å². The molecule has 0 saturated carbocycles. The van der Waals surface area contributed by atoms with Crippen LogP contribution in [0.2, 0.25) is 0 Å². The van der Waals surface area contributed by atoms with Crippen molar-refractivity contribution in [3.8, 4) is 5.75 Å². The highest BCUT2D eigenvalue weighted by Gasteiger charge is 2.18. The number of hydrogen-bond acceptors (Lipinski definition) is 2. The van der Waals surface area contributed by atoms with Gasteiger partial charge in [-0.1, -0.05) is 68.1 Å². The fraction of sp³-hybridized carbons (Fsp3) is 0.0741. The van der Waals surface area contributed by atoms with Crippen LogP contribution in [0.3, 0.4) is 0 Å². The number of esters is 1. The quantitative estimate of drug-likeness (QED) is 0.173. The van der Waals surface area contributed by atoms with Crippen molar-refractivity contribution in [1.82, 2.24) is 4.98 Å². The van der Waals surface area contributed by atoms with Crippen LogP contribution in [0.5, 0.6) is 5.75 Å². The first kappa shape index (κ1) is 19.5. The molecule has 148 valence electrons. The number of ether oxygens (including phenoxy) is 1. The summed E-state index contributed by atoms with van der Waals surface area (Å²) in [5.74, 6) is 0.0501. The zero-order chi connectivity index (χ0) is 20.9. The fourth-order valence-electron chi connectivity index (χ4n) is 3.78. The van der Waals surface area contributed by atoms with Crippen LogP contribution in [0, 0.1) is 0 Å². The Morgan fingerprint density at radius 3 is 2.50 bits per heavy atom. The number of H-pyrrole nitrogens is 1. The van der Waals surface area contributed by atoms with Crippen molar-refractivity contribution in [1.29, 1.82) is 0 Å². The Kier molecular flexibility index (Phi) is 5.62. The van der Waals surface area contributed by atoms with Gasteiger partial charge in [0.05, 0.1) is 0 Å². The first-order chi connectivity index (χ1) is 14.7. The number of aromatic amines is 1. The van der Waals surface area contributed by atoms with Crippen LogP contribution in [0.15, 0.2) is 97.7 Å². The number of benzene rings is 3.